The van der Waals surface area contributed by atoms with Crippen LogP contribution in [0.25, 0.3) is 0 Å². The molecule has 1 aliphatic heterocycles. The largest absolute Gasteiger partial charge is 0.379 e. The lowest BCUT2D eigenvalue weighted by Crippen LogP contribution is -2.37. The molecule has 0 aromatic carbocycles. The summed E-state index contributed by atoms with van der Waals surface area (Å²) in [6.07, 6.45) is 5.50. The van der Waals surface area contributed by atoms with Crippen LogP contribution in [-0.2, 0) is 4.74 Å². The van der Waals surface area contributed by atoms with Crippen LogP contribution in [0, 0.1) is 5.92 Å². The van der Waals surface area contributed by atoms with Gasteiger partial charge in [-0.2, -0.15) is 0 Å². The molecule has 1 saturated heterocycles. The highest BCUT2D eigenvalue weighted by atomic mass is 16.5. The first-order valence-corrected chi connectivity index (χ1v) is 6.37. The summed E-state index contributed by atoms with van der Waals surface area (Å²) in [7, 11) is 0. The topological polar surface area (TPSA) is 38.5 Å². The number of nitrogens with two attached hydrogens (primary N) is 1. The van der Waals surface area contributed by atoms with Gasteiger partial charge in [-0.05, 0) is 31.7 Å². The molecule has 0 saturated carbocycles. The maximum atomic E-state index is 5.41. The van der Waals surface area contributed by atoms with Gasteiger partial charge in [0.2, 0.25) is 0 Å². The van der Waals surface area contributed by atoms with Crippen LogP contribution < -0.4 is 5.73 Å². The van der Waals surface area contributed by atoms with E-state index in [1.807, 2.05) is 0 Å². The second-order valence-electron chi connectivity index (χ2n) is 4.50. The lowest BCUT2D eigenvalue weighted by atomic mass is 9.94. The fraction of sp³-hybridized carbons (Fsp3) is 1.00. The molecular weight excluding hydrogens is 188 g/mol. The molecule has 0 radical (unpaired) electrons. The predicted octanol–water partition coefficient (Wildman–Crippen LogP) is 1.47. The van der Waals surface area contributed by atoms with Crippen molar-refractivity contribution in [3.05, 3.63) is 0 Å². The molecule has 0 aliphatic carbocycles. The summed E-state index contributed by atoms with van der Waals surface area (Å²) in [5, 5.41) is 0. The minimum atomic E-state index is 0.637. The summed E-state index contributed by atoms with van der Waals surface area (Å²) < 4.78 is 5.41. The number of nitrogens with zero attached hydrogens (tertiary/aromatic N) is 1. The number of rotatable bonds is 7. The molecule has 90 valence electrons. The maximum Gasteiger partial charge on any atom is 0.0594 e. The van der Waals surface area contributed by atoms with Crippen LogP contribution in [0.4, 0.5) is 0 Å². The van der Waals surface area contributed by atoms with E-state index in [4.69, 9.17) is 10.5 Å². The summed E-state index contributed by atoms with van der Waals surface area (Å²) in [5.74, 6) is 0.929. The summed E-state index contributed by atoms with van der Waals surface area (Å²) >= 11 is 0. The minimum absolute atomic E-state index is 0.637. The second kappa shape index (κ2) is 8.08. The maximum absolute atomic E-state index is 5.41. The average molecular weight is 214 g/mol. The van der Waals surface area contributed by atoms with Crippen molar-refractivity contribution in [3.63, 3.8) is 0 Å². The normalized spacial score (nSPS) is 23.2. The molecule has 0 amide bonds. The Balaban J connectivity index is 2.07. The summed E-state index contributed by atoms with van der Waals surface area (Å²) in [6, 6.07) is 0. The molecule has 1 heterocycles. The highest BCUT2D eigenvalue weighted by Crippen LogP contribution is 2.20. The van der Waals surface area contributed by atoms with Crippen molar-refractivity contribution in [2.75, 3.05) is 39.4 Å². The van der Waals surface area contributed by atoms with Gasteiger partial charge in [0.1, 0.15) is 0 Å². The summed E-state index contributed by atoms with van der Waals surface area (Å²) in [4.78, 5) is 2.54. The van der Waals surface area contributed by atoms with Crippen LogP contribution in [-0.4, -0.2) is 44.3 Å². The van der Waals surface area contributed by atoms with E-state index in [1.54, 1.807) is 0 Å². The molecule has 2 N–H and O–H groups in total. The van der Waals surface area contributed by atoms with Crippen molar-refractivity contribution in [1.82, 2.24) is 4.90 Å². The number of hydrogen-bond acceptors (Lipinski definition) is 3. The zero-order chi connectivity index (χ0) is 10.9. The van der Waals surface area contributed by atoms with Crippen molar-refractivity contribution in [2.24, 2.45) is 11.7 Å². The minimum Gasteiger partial charge on any atom is -0.379 e. The van der Waals surface area contributed by atoms with E-state index in [0.29, 0.717) is 13.2 Å². The fourth-order valence-electron chi connectivity index (χ4n) is 2.38. The Labute approximate surface area is 94.0 Å². The van der Waals surface area contributed by atoms with Crippen molar-refractivity contribution >= 4 is 0 Å². The molecule has 0 aromatic heterocycles. The molecular formula is C12H26N2O. The second-order valence-corrected chi connectivity index (χ2v) is 4.50. The van der Waals surface area contributed by atoms with Crippen LogP contribution in [0.1, 0.15) is 32.6 Å². The highest BCUT2D eigenvalue weighted by molar-refractivity contribution is 4.72. The Morgan fingerprint density at radius 3 is 3.00 bits per heavy atom. The van der Waals surface area contributed by atoms with E-state index in [2.05, 4.69) is 11.8 Å². The molecule has 1 atom stereocenters. The molecule has 3 nitrogen and oxygen atoms in total. The Kier molecular flexibility index (Phi) is 6.98. The number of likely N-dealkylation sites (tertiary alicyclic amines) is 1. The smallest absolute Gasteiger partial charge is 0.0594 e. The quantitative estimate of drug-likeness (QED) is 0.652. The Morgan fingerprint density at radius 1 is 1.40 bits per heavy atom. The zero-order valence-electron chi connectivity index (χ0n) is 10.1. The average Bonchev–Trinajstić information content (AvgIpc) is 2.26. The zero-order valence-corrected chi connectivity index (χ0v) is 10.1. The molecule has 1 aliphatic rings. The molecule has 0 aromatic rings. The first kappa shape index (κ1) is 12.9. The van der Waals surface area contributed by atoms with Crippen molar-refractivity contribution in [1.29, 1.82) is 0 Å². The van der Waals surface area contributed by atoms with Gasteiger partial charge in [0.15, 0.2) is 0 Å². The van der Waals surface area contributed by atoms with Crippen molar-refractivity contribution in [3.8, 4) is 0 Å². The van der Waals surface area contributed by atoms with E-state index < -0.39 is 0 Å². The van der Waals surface area contributed by atoms with Crippen LogP contribution >= 0.6 is 0 Å². The Bertz CT molecular complexity index is 151. The lowest BCUT2D eigenvalue weighted by molar-refractivity contribution is 0.0873. The van der Waals surface area contributed by atoms with Gasteiger partial charge in [-0.1, -0.05) is 13.3 Å². The van der Waals surface area contributed by atoms with E-state index in [1.165, 1.54) is 38.8 Å². The highest BCUT2D eigenvalue weighted by Gasteiger charge is 2.18. The molecule has 1 unspecified atom stereocenters. The van der Waals surface area contributed by atoms with Gasteiger partial charge in [-0.3, -0.25) is 0 Å². The summed E-state index contributed by atoms with van der Waals surface area (Å²) in [6.45, 7) is 8.08. The first-order valence-electron chi connectivity index (χ1n) is 6.37. The van der Waals surface area contributed by atoms with Crippen LogP contribution in [0.15, 0.2) is 0 Å². The van der Waals surface area contributed by atoms with E-state index in [9.17, 15) is 0 Å². The van der Waals surface area contributed by atoms with Gasteiger partial charge >= 0.3 is 0 Å². The lowest BCUT2D eigenvalue weighted by Gasteiger charge is -2.32. The van der Waals surface area contributed by atoms with Crippen molar-refractivity contribution < 1.29 is 4.74 Å². The van der Waals surface area contributed by atoms with Crippen LogP contribution in [0.3, 0.4) is 0 Å². The third kappa shape index (κ3) is 5.50. The SMILES string of the molecule is CCCC1CCCN(CCOCCN)C1. The molecule has 15 heavy (non-hydrogen) atoms. The van der Waals surface area contributed by atoms with Gasteiger partial charge in [-0.25, -0.2) is 0 Å². The van der Waals surface area contributed by atoms with E-state index in [0.717, 1.165) is 19.1 Å². The molecule has 3 heteroatoms. The van der Waals surface area contributed by atoms with Gasteiger partial charge in [0.25, 0.3) is 0 Å². The number of piperidine rings is 1. The predicted molar refractivity (Wildman–Crippen MR) is 63.9 cm³/mol. The molecule has 1 rings (SSSR count). The molecule has 0 spiro atoms. The number of hydrogen-bond donors (Lipinski definition) is 1. The monoisotopic (exact) mass is 214 g/mol. The third-order valence-electron chi connectivity index (χ3n) is 3.11. The standard InChI is InChI=1S/C12H26N2O/c1-2-4-12-5-3-7-14(11-12)8-10-15-9-6-13/h12H,2-11,13H2,1H3. The van der Waals surface area contributed by atoms with Gasteiger partial charge < -0.3 is 15.4 Å². The van der Waals surface area contributed by atoms with Gasteiger partial charge in [0.05, 0.1) is 13.2 Å². The van der Waals surface area contributed by atoms with Gasteiger partial charge in [-0.15, -0.1) is 0 Å². The number of ether oxygens (including phenoxy) is 1. The summed E-state index contributed by atoms with van der Waals surface area (Å²) in [5.41, 5.74) is 5.37. The van der Waals surface area contributed by atoms with E-state index in [-0.39, 0.29) is 0 Å². The first-order chi connectivity index (χ1) is 7.36. The van der Waals surface area contributed by atoms with E-state index >= 15 is 0 Å². The molecule has 1 fully saturated rings. The Morgan fingerprint density at radius 2 is 2.27 bits per heavy atom. The third-order valence-corrected chi connectivity index (χ3v) is 3.11. The van der Waals surface area contributed by atoms with Crippen LogP contribution in [0.2, 0.25) is 0 Å². The van der Waals surface area contributed by atoms with Crippen LogP contribution in [0.5, 0.6) is 0 Å². The Hall–Kier alpha value is -0.120. The van der Waals surface area contributed by atoms with Crippen molar-refractivity contribution in [2.45, 2.75) is 32.6 Å². The van der Waals surface area contributed by atoms with Gasteiger partial charge in [0, 0.05) is 19.6 Å². The fourth-order valence-corrected chi connectivity index (χ4v) is 2.38. The molecule has 0 bridgehead atoms.